The van der Waals surface area contributed by atoms with Gasteiger partial charge in [-0.3, -0.25) is 9.36 Å². The number of rotatable bonds is 4. The van der Waals surface area contributed by atoms with Crippen LogP contribution in [0, 0.1) is 25.2 Å². The summed E-state index contributed by atoms with van der Waals surface area (Å²) in [5.74, 6) is 1.37. The summed E-state index contributed by atoms with van der Waals surface area (Å²) >= 11 is 1.46. The van der Waals surface area contributed by atoms with Gasteiger partial charge in [0.15, 0.2) is 0 Å². The van der Waals surface area contributed by atoms with E-state index in [2.05, 4.69) is 11.1 Å². The Kier molecular flexibility index (Phi) is 4.91. The van der Waals surface area contributed by atoms with E-state index in [1.807, 2.05) is 49.6 Å². The average molecular weight is 401 g/mol. The van der Waals surface area contributed by atoms with Crippen molar-refractivity contribution >= 4 is 21.6 Å². The highest BCUT2D eigenvalue weighted by Gasteiger charge is 2.18. The van der Waals surface area contributed by atoms with Crippen LogP contribution in [-0.2, 0) is 6.54 Å². The molecule has 6 heteroatoms. The fourth-order valence-electron chi connectivity index (χ4n) is 3.46. The largest absolute Gasteiger partial charge is 0.496 e. The molecule has 4 rings (SSSR count). The van der Waals surface area contributed by atoms with Gasteiger partial charge in [-0.15, -0.1) is 11.3 Å². The SMILES string of the molecule is COc1ccc(C)cc1-c1csc2nc(C)n(Cc3cccc(C#N)c3)c(=O)c12. The van der Waals surface area contributed by atoms with Crippen molar-refractivity contribution in [3.63, 3.8) is 0 Å². The first-order valence-corrected chi connectivity index (χ1v) is 10.0. The van der Waals surface area contributed by atoms with Gasteiger partial charge in [0.1, 0.15) is 16.4 Å². The van der Waals surface area contributed by atoms with Gasteiger partial charge in [0.25, 0.3) is 5.56 Å². The fraction of sp³-hybridized carbons (Fsp3) is 0.174. The Morgan fingerprint density at radius 1 is 1.17 bits per heavy atom. The first-order chi connectivity index (χ1) is 14.0. The second-order valence-electron chi connectivity index (χ2n) is 6.90. The zero-order chi connectivity index (χ0) is 20.5. The molecule has 29 heavy (non-hydrogen) atoms. The maximum atomic E-state index is 13.5. The topological polar surface area (TPSA) is 67.9 Å². The minimum atomic E-state index is -0.0883. The summed E-state index contributed by atoms with van der Waals surface area (Å²) in [5, 5.41) is 11.7. The van der Waals surface area contributed by atoms with Gasteiger partial charge in [-0.25, -0.2) is 4.98 Å². The number of aryl methyl sites for hydroxylation is 2. The van der Waals surface area contributed by atoms with Crippen LogP contribution in [0.25, 0.3) is 21.3 Å². The van der Waals surface area contributed by atoms with Gasteiger partial charge in [-0.2, -0.15) is 5.26 Å². The van der Waals surface area contributed by atoms with Crippen molar-refractivity contribution in [3.8, 4) is 22.9 Å². The molecule has 0 atom stereocenters. The fourth-order valence-corrected chi connectivity index (χ4v) is 4.44. The highest BCUT2D eigenvalue weighted by Crippen LogP contribution is 2.37. The van der Waals surface area contributed by atoms with Crippen molar-refractivity contribution in [2.75, 3.05) is 7.11 Å². The third-order valence-corrected chi connectivity index (χ3v) is 5.80. The van der Waals surface area contributed by atoms with E-state index in [4.69, 9.17) is 10.00 Å². The summed E-state index contributed by atoms with van der Waals surface area (Å²) in [4.78, 5) is 18.9. The van der Waals surface area contributed by atoms with E-state index in [9.17, 15) is 4.79 Å². The van der Waals surface area contributed by atoms with Crippen LogP contribution in [0.4, 0.5) is 0 Å². The van der Waals surface area contributed by atoms with Crippen molar-refractivity contribution < 1.29 is 4.74 Å². The van der Waals surface area contributed by atoms with Gasteiger partial charge in [0, 0.05) is 16.5 Å². The number of ether oxygens (including phenoxy) is 1. The van der Waals surface area contributed by atoms with E-state index in [0.717, 1.165) is 28.0 Å². The van der Waals surface area contributed by atoms with E-state index in [1.165, 1.54) is 11.3 Å². The predicted molar refractivity (Wildman–Crippen MR) is 116 cm³/mol. The molecule has 0 aliphatic heterocycles. The minimum Gasteiger partial charge on any atom is -0.496 e. The molecule has 0 saturated carbocycles. The Labute approximate surface area is 172 Å². The number of nitrogens with zero attached hydrogens (tertiary/aromatic N) is 3. The second kappa shape index (κ2) is 7.53. The average Bonchev–Trinajstić information content (AvgIpc) is 3.15. The van der Waals surface area contributed by atoms with Gasteiger partial charge >= 0.3 is 0 Å². The molecule has 4 aromatic rings. The van der Waals surface area contributed by atoms with Gasteiger partial charge in [-0.1, -0.05) is 23.8 Å². The maximum Gasteiger partial charge on any atom is 0.263 e. The van der Waals surface area contributed by atoms with Crippen molar-refractivity contribution in [1.29, 1.82) is 5.26 Å². The second-order valence-corrected chi connectivity index (χ2v) is 7.75. The third-order valence-electron chi connectivity index (χ3n) is 4.93. The molecule has 144 valence electrons. The predicted octanol–water partition coefficient (Wildman–Crippen LogP) is 4.67. The van der Waals surface area contributed by atoms with Crippen molar-refractivity contribution in [2.24, 2.45) is 0 Å². The van der Waals surface area contributed by atoms with Crippen molar-refractivity contribution in [3.05, 3.63) is 80.7 Å². The minimum absolute atomic E-state index is 0.0883. The first-order valence-electron chi connectivity index (χ1n) is 9.14. The number of benzene rings is 2. The highest BCUT2D eigenvalue weighted by atomic mass is 32.1. The Balaban J connectivity index is 1.91. The Morgan fingerprint density at radius 3 is 2.76 bits per heavy atom. The molecule has 0 saturated heterocycles. The number of methoxy groups -OCH3 is 1. The van der Waals surface area contributed by atoms with Crippen LogP contribution in [-0.4, -0.2) is 16.7 Å². The Hall–Kier alpha value is -3.43. The van der Waals surface area contributed by atoms with E-state index in [0.29, 0.717) is 28.1 Å². The molecule has 0 aliphatic carbocycles. The maximum absolute atomic E-state index is 13.5. The zero-order valence-corrected chi connectivity index (χ0v) is 17.2. The molecule has 0 N–H and O–H groups in total. The lowest BCUT2D eigenvalue weighted by Crippen LogP contribution is -2.24. The lowest BCUT2D eigenvalue weighted by atomic mass is 10.0. The smallest absolute Gasteiger partial charge is 0.263 e. The molecule has 0 spiro atoms. The first kappa shape index (κ1) is 18.9. The summed E-state index contributed by atoms with van der Waals surface area (Å²) < 4.78 is 7.20. The summed E-state index contributed by atoms with van der Waals surface area (Å²) in [6, 6.07) is 15.4. The molecule has 2 aromatic heterocycles. The van der Waals surface area contributed by atoms with Crippen molar-refractivity contribution in [1.82, 2.24) is 9.55 Å². The van der Waals surface area contributed by atoms with Gasteiger partial charge in [0.2, 0.25) is 0 Å². The summed E-state index contributed by atoms with van der Waals surface area (Å²) in [7, 11) is 1.63. The zero-order valence-electron chi connectivity index (χ0n) is 16.4. The summed E-state index contributed by atoms with van der Waals surface area (Å²) in [5.41, 5.74) is 4.19. The Morgan fingerprint density at radius 2 is 2.00 bits per heavy atom. The highest BCUT2D eigenvalue weighted by molar-refractivity contribution is 7.17. The summed E-state index contributed by atoms with van der Waals surface area (Å²) in [6.07, 6.45) is 0. The van der Waals surface area contributed by atoms with E-state index < -0.39 is 0 Å². The van der Waals surface area contributed by atoms with Gasteiger partial charge in [0.05, 0.1) is 30.7 Å². The molecule has 0 unspecified atom stereocenters. The standard InChI is InChI=1S/C23H19N3O2S/c1-14-7-8-20(28-3)18(9-14)19-13-29-22-21(19)23(27)26(15(2)25-22)12-17-6-4-5-16(10-17)11-24/h4-10,13H,12H2,1-3H3. The molecule has 0 amide bonds. The molecular weight excluding hydrogens is 382 g/mol. The molecule has 0 aliphatic rings. The number of hydrogen-bond donors (Lipinski definition) is 0. The van der Waals surface area contributed by atoms with Crippen molar-refractivity contribution in [2.45, 2.75) is 20.4 Å². The van der Waals surface area contributed by atoms with Crippen LogP contribution in [0.15, 0.2) is 52.6 Å². The molecule has 2 aromatic carbocycles. The molecule has 0 radical (unpaired) electrons. The van der Waals surface area contributed by atoms with Crippen LogP contribution < -0.4 is 10.3 Å². The van der Waals surface area contributed by atoms with Crippen LogP contribution in [0.5, 0.6) is 5.75 Å². The van der Waals surface area contributed by atoms with Crippen LogP contribution in [0.2, 0.25) is 0 Å². The monoisotopic (exact) mass is 401 g/mol. The van der Waals surface area contributed by atoms with E-state index in [1.54, 1.807) is 23.8 Å². The summed E-state index contributed by atoms with van der Waals surface area (Å²) in [6.45, 7) is 4.21. The lowest BCUT2D eigenvalue weighted by Gasteiger charge is -2.12. The van der Waals surface area contributed by atoms with E-state index >= 15 is 0 Å². The van der Waals surface area contributed by atoms with Crippen LogP contribution >= 0.6 is 11.3 Å². The number of thiophene rings is 1. The Bertz CT molecular complexity index is 1330. The molecule has 0 fully saturated rings. The number of hydrogen-bond acceptors (Lipinski definition) is 5. The third kappa shape index (κ3) is 3.41. The lowest BCUT2D eigenvalue weighted by molar-refractivity contribution is 0.416. The molecular formula is C23H19N3O2S. The molecule has 2 heterocycles. The van der Waals surface area contributed by atoms with E-state index in [-0.39, 0.29) is 5.56 Å². The van der Waals surface area contributed by atoms with Gasteiger partial charge < -0.3 is 4.74 Å². The molecule has 5 nitrogen and oxygen atoms in total. The normalized spacial score (nSPS) is 10.8. The van der Waals surface area contributed by atoms with Gasteiger partial charge in [-0.05, 0) is 43.7 Å². The number of aromatic nitrogens is 2. The number of nitriles is 1. The number of fused-ring (bicyclic) bond motifs is 1. The van der Waals surface area contributed by atoms with Crippen LogP contribution in [0.1, 0.15) is 22.5 Å². The quantitative estimate of drug-likeness (QED) is 0.498. The molecule has 0 bridgehead atoms. The van der Waals surface area contributed by atoms with Crippen LogP contribution in [0.3, 0.4) is 0 Å².